The number of carbonyl (C=O) groups is 1. The van der Waals surface area contributed by atoms with Crippen LogP contribution in [0.25, 0.3) is 0 Å². The molecule has 0 radical (unpaired) electrons. The minimum absolute atomic E-state index is 0.125. The zero-order valence-corrected chi connectivity index (χ0v) is 19.6. The highest BCUT2D eigenvalue weighted by molar-refractivity contribution is 7.92. The second-order valence-electron chi connectivity index (χ2n) is 8.31. The summed E-state index contributed by atoms with van der Waals surface area (Å²) >= 11 is 0. The Morgan fingerprint density at radius 2 is 1.78 bits per heavy atom. The number of rotatable bonds is 9. The second kappa shape index (κ2) is 10.9. The van der Waals surface area contributed by atoms with Crippen LogP contribution in [0.3, 0.4) is 0 Å². The minimum Gasteiger partial charge on any atom is -0.350 e. The van der Waals surface area contributed by atoms with E-state index in [0.717, 1.165) is 35.8 Å². The summed E-state index contributed by atoms with van der Waals surface area (Å²) < 4.78 is 40.2. The molecule has 0 aliphatic carbocycles. The van der Waals surface area contributed by atoms with Crippen molar-refractivity contribution in [2.75, 3.05) is 23.7 Å². The summed E-state index contributed by atoms with van der Waals surface area (Å²) in [5.74, 6) is -1.14. The van der Waals surface area contributed by atoms with Gasteiger partial charge in [-0.2, -0.15) is 0 Å². The molecule has 1 atom stereocenters. The predicted octanol–water partition coefficient (Wildman–Crippen LogP) is 3.67. The fraction of sp³-hybridized carbons (Fsp3) is 0.458. The number of benzene rings is 2. The van der Waals surface area contributed by atoms with Gasteiger partial charge in [-0.15, -0.1) is 0 Å². The van der Waals surface area contributed by atoms with Gasteiger partial charge in [0.25, 0.3) is 0 Å². The number of sulfonamides is 1. The van der Waals surface area contributed by atoms with E-state index in [1.807, 2.05) is 12.1 Å². The maximum Gasteiger partial charge on any atom is 0.244 e. The Labute approximate surface area is 190 Å². The van der Waals surface area contributed by atoms with Crippen molar-refractivity contribution >= 4 is 21.6 Å². The van der Waals surface area contributed by atoms with E-state index in [2.05, 4.69) is 22.3 Å². The summed E-state index contributed by atoms with van der Waals surface area (Å²) in [4.78, 5) is 15.4. The highest BCUT2D eigenvalue weighted by atomic mass is 32.2. The lowest BCUT2D eigenvalue weighted by atomic mass is 10.1. The Morgan fingerprint density at radius 3 is 2.44 bits per heavy atom. The molecule has 0 aromatic heterocycles. The van der Waals surface area contributed by atoms with Crippen molar-refractivity contribution in [2.45, 2.75) is 51.7 Å². The lowest BCUT2D eigenvalue weighted by molar-refractivity contribution is -0.122. The van der Waals surface area contributed by atoms with E-state index in [1.165, 1.54) is 43.0 Å². The number of anilines is 1. The molecule has 32 heavy (non-hydrogen) atoms. The van der Waals surface area contributed by atoms with Crippen molar-refractivity contribution in [3.8, 4) is 0 Å². The van der Waals surface area contributed by atoms with Gasteiger partial charge in [-0.05, 0) is 55.6 Å². The van der Waals surface area contributed by atoms with Gasteiger partial charge < -0.3 is 5.32 Å². The van der Waals surface area contributed by atoms with Crippen LogP contribution in [0.4, 0.5) is 10.1 Å². The molecule has 1 N–H and O–H groups in total. The normalized spacial score (nSPS) is 15.8. The molecule has 1 amide bonds. The Bertz CT molecular complexity index is 1020. The number of para-hydroxylation sites is 1. The van der Waals surface area contributed by atoms with E-state index in [4.69, 9.17) is 0 Å². The molecule has 3 rings (SSSR count). The molecule has 2 aromatic carbocycles. The third kappa shape index (κ3) is 6.29. The highest BCUT2D eigenvalue weighted by Crippen LogP contribution is 2.25. The molecule has 1 aliphatic rings. The summed E-state index contributed by atoms with van der Waals surface area (Å²) in [7, 11) is -3.88. The van der Waals surface area contributed by atoms with Crippen LogP contribution in [0.15, 0.2) is 48.5 Å². The van der Waals surface area contributed by atoms with E-state index in [0.29, 0.717) is 0 Å². The van der Waals surface area contributed by atoms with Crippen LogP contribution in [0.2, 0.25) is 0 Å². The SMILES string of the molecule is CCC(C(=O)NCc1cccc(CN2CCCCC2)c1)N(c1ccccc1F)S(C)(=O)=O. The summed E-state index contributed by atoms with van der Waals surface area (Å²) in [6, 6.07) is 12.6. The predicted molar refractivity (Wildman–Crippen MR) is 125 cm³/mol. The fourth-order valence-electron chi connectivity index (χ4n) is 4.19. The highest BCUT2D eigenvalue weighted by Gasteiger charge is 2.32. The standard InChI is InChI=1S/C24H32FN3O3S/c1-3-22(28(32(2,30)31)23-13-6-5-12-21(23)25)24(29)26-17-19-10-9-11-20(16-19)18-27-14-7-4-8-15-27/h5-6,9-13,16,22H,3-4,7-8,14-15,17-18H2,1-2H3,(H,26,29). The van der Waals surface area contributed by atoms with Gasteiger partial charge in [0, 0.05) is 13.1 Å². The van der Waals surface area contributed by atoms with Crippen LogP contribution >= 0.6 is 0 Å². The molecule has 0 spiro atoms. The van der Waals surface area contributed by atoms with Gasteiger partial charge in [0.05, 0.1) is 11.9 Å². The van der Waals surface area contributed by atoms with Gasteiger partial charge in [-0.1, -0.05) is 49.7 Å². The van der Waals surface area contributed by atoms with Crippen LogP contribution in [-0.4, -0.2) is 44.6 Å². The lowest BCUT2D eigenvalue weighted by Gasteiger charge is -2.30. The topological polar surface area (TPSA) is 69.7 Å². The molecule has 2 aromatic rings. The van der Waals surface area contributed by atoms with Gasteiger partial charge in [0.1, 0.15) is 11.9 Å². The number of likely N-dealkylation sites (tertiary alicyclic amines) is 1. The van der Waals surface area contributed by atoms with E-state index in [1.54, 1.807) is 13.0 Å². The van der Waals surface area contributed by atoms with Crippen molar-refractivity contribution in [3.63, 3.8) is 0 Å². The molecular weight excluding hydrogens is 429 g/mol. The quantitative estimate of drug-likeness (QED) is 0.619. The summed E-state index contributed by atoms with van der Waals surface area (Å²) in [5, 5.41) is 2.84. The molecule has 174 valence electrons. The monoisotopic (exact) mass is 461 g/mol. The van der Waals surface area contributed by atoms with Crippen molar-refractivity contribution in [1.82, 2.24) is 10.2 Å². The van der Waals surface area contributed by atoms with Crippen LogP contribution < -0.4 is 9.62 Å². The maximum absolute atomic E-state index is 14.4. The molecule has 1 fully saturated rings. The van der Waals surface area contributed by atoms with Crippen molar-refractivity contribution in [3.05, 3.63) is 65.5 Å². The first kappa shape index (κ1) is 24.2. The smallest absolute Gasteiger partial charge is 0.244 e. The van der Waals surface area contributed by atoms with Gasteiger partial charge in [-0.25, -0.2) is 12.8 Å². The van der Waals surface area contributed by atoms with E-state index >= 15 is 0 Å². The molecular formula is C24H32FN3O3S. The number of carbonyl (C=O) groups excluding carboxylic acids is 1. The van der Waals surface area contributed by atoms with Crippen LogP contribution in [0.5, 0.6) is 0 Å². The van der Waals surface area contributed by atoms with E-state index in [9.17, 15) is 17.6 Å². The fourth-order valence-corrected chi connectivity index (χ4v) is 5.40. The number of nitrogens with one attached hydrogen (secondary N) is 1. The van der Waals surface area contributed by atoms with Crippen LogP contribution in [0.1, 0.15) is 43.7 Å². The first-order valence-electron chi connectivity index (χ1n) is 11.1. The Morgan fingerprint density at radius 1 is 1.09 bits per heavy atom. The molecule has 8 heteroatoms. The average Bonchev–Trinajstić information content (AvgIpc) is 2.77. The summed E-state index contributed by atoms with van der Waals surface area (Å²) in [6.07, 6.45) is 4.94. The van der Waals surface area contributed by atoms with Gasteiger partial charge >= 0.3 is 0 Å². The number of piperidine rings is 1. The number of hydrogen-bond acceptors (Lipinski definition) is 4. The number of hydrogen-bond donors (Lipinski definition) is 1. The lowest BCUT2D eigenvalue weighted by Crippen LogP contribution is -2.49. The maximum atomic E-state index is 14.4. The Balaban J connectivity index is 1.70. The van der Waals surface area contributed by atoms with Crippen LogP contribution in [0, 0.1) is 5.82 Å². The average molecular weight is 462 g/mol. The minimum atomic E-state index is -3.88. The molecule has 0 bridgehead atoms. The number of halogens is 1. The first-order chi connectivity index (χ1) is 15.3. The summed E-state index contributed by atoms with van der Waals surface area (Å²) in [6.45, 7) is 5.09. The largest absolute Gasteiger partial charge is 0.350 e. The molecule has 6 nitrogen and oxygen atoms in total. The molecule has 1 saturated heterocycles. The molecule has 1 heterocycles. The van der Waals surface area contributed by atoms with E-state index in [-0.39, 0.29) is 18.7 Å². The number of nitrogens with zero attached hydrogens (tertiary/aromatic N) is 2. The molecule has 0 saturated carbocycles. The van der Waals surface area contributed by atoms with Crippen molar-refractivity contribution in [1.29, 1.82) is 0 Å². The van der Waals surface area contributed by atoms with Gasteiger partial charge in [0.15, 0.2) is 0 Å². The first-order valence-corrected chi connectivity index (χ1v) is 13.0. The zero-order valence-electron chi connectivity index (χ0n) is 18.8. The third-order valence-corrected chi connectivity index (χ3v) is 6.90. The van der Waals surface area contributed by atoms with Gasteiger partial charge in [0.2, 0.25) is 15.9 Å². The van der Waals surface area contributed by atoms with E-state index < -0.39 is 27.8 Å². The Kier molecular flexibility index (Phi) is 8.26. The molecule has 1 aliphatic heterocycles. The second-order valence-corrected chi connectivity index (χ2v) is 10.2. The van der Waals surface area contributed by atoms with Crippen molar-refractivity contribution in [2.24, 2.45) is 0 Å². The number of amides is 1. The van der Waals surface area contributed by atoms with Gasteiger partial charge in [-0.3, -0.25) is 14.0 Å². The van der Waals surface area contributed by atoms with Crippen LogP contribution in [-0.2, 0) is 27.9 Å². The Hall–Kier alpha value is -2.45. The molecule has 1 unspecified atom stereocenters. The third-order valence-electron chi connectivity index (χ3n) is 5.73. The zero-order chi connectivity index (χ0) is 23.1. The van der Waals surface area contributed by atoms with Crippen molar-refractivity contribution < 1.29 is 17.6 Å². The summed E-state index contributed by atoms with van der Waals surface area (Å²) in [5.41, 5.74) is 2.01.